The van der Waals surface area contributed by atoms with Crippen molar-refractivity contribution in [3.8, 4) is 12.3 Å². The Morgan fingerprint density at radius 3 is 3.07 bits per heavy atom. The Labute approximate surface area is 86.8 Å². The Hall–Kier alpha value is -1.34. The molecule has 0 aliphatic carbocycles. The lowest BCUT2D eigenvalue weighted by Gasteiger charge is -2.10. The zero-order valence-electron chi connectivity index (χ0n) is 7.86. The first-order valence-corrected chi connectivity index (χ1v) is 5.27. The molecule has 1 atom stereocenters. The lowest BCUT2D eigenvalue weighted by atomic mass is 10.1. The SMILES string of the molecule is C#CC1CC(=O)N(c2nc(C)cs2)C1. The highest BCUT2D eigenvalue weighted by molar-refractivity contribution is 7.14. The van der Waals surface area contributed by atoms with E-state index >= 15 is 0 Å². The number of amides is 1. The number of terminal acetylenes is 1. The Kier molecular flexibility index (Phi) is 2.26. The average molecular weight is 206 g/mol. The van der Waals surface area contributed by atoms with Crippen LogP contribution >= 0.6 is 11.3 Å². The summed E-state index contributed by atoms with van der Waals surface area (Å²) in [6.45, 7) is 2.53. The average Bonchev–Trinajstić information content (AvgIpc) is 2.71. The first-order valence-electron chi connectivity index (χ1n) is 4.39. The molecule has 4 heteroatoms. The number of aromatic nitrogens is 1. The van der Waals surface area contributed by atoms with E-state index < -0.39 is 0 Å². The van der Waals surface area contributed by atoms with Gasteiger partial charge in [0.25, 0.3) is 0 Å². The van der Waals surface area contributed by atoms with Crippen LogP contribution in [0.15, 0.2) is 5.38 Å². The number of aryl methyl sites for hydroxylation is 1. The predicted molar refractivity (Wildman–Crippen MR) is 56.1 cm³/mol. The van der Waals surface area contributed by atoms with Crippen LogP contribution in [0.1, 0.15) is 12.1 Å². The van der Waals surface area contributed by atoms with Gasteiger partial charge in [-0.05, 0) is 6.92 Å². The summed E-state index contributed by atoms with van der Waals surface area (Å²) >= 11 is 1.49. The molecule has 0 N–H and O–H groups in total. The van der Waals surface area contributed by atoms with Gasteiger partial charge in [-0.1, -0.05) is 0 Å². The van der Waals surface area contributed by atoms with Crippen molar-refractivity contribution in [1.29, 1.82) is 0 Å². The molecule has 1 aliphatic heterocycles. The molecule has 1 amide bonds. The minimum Gasteiger partial charge on any atom is -0.287 e. The summed E-state index contributed by atoms with van der Waals surface area (Å²) in [6.07, 6.45) is 5.75. The van der Waals surface area contributed by atoms with Crippen LogP contribution in [0, 0.1) is 25.2 Å². The van der Waals surface area contributed by atoms with E-state index in [-0.39, 0.29) is 11.8 Å². The van der Waals surface area contributed by atoms with Crippen molar-refractivity contribution >= 4 is 22.4 Å². The molecule has 0 saturated carbocycles. The van der Waals surface area contributed by atoms with E-state index in [0.29, 0.717) is 13.0 Å². The van der Waals surface area contributed by atoms with Gasteiger partial charge < -0.3 is 0 Å². The second-order valence-corrected chi connectivity index (χ2v) is 4.18. The monoisotopic (exact) mass is 206 g/mol. The molecule has 2 rings (SSSR count). The fourth-order valence-electron chi connectivity index (χ4n) is 1.47. The number of anilines is 1. The minimum absolute atomic E-state index is 0.0479. The van der Waals surface area contributed by atoms with Crippen molar-refractivity contribution < 1.29 is 4.79 Å². The van der Waals surface area contributed by atoms with Gasteiger partial charge in [0.05, 0.1) is 5.69 Å². The van der Waals surface area contributed by atoms with E-state index in [9.17, 15) is 4.79 Å². The number of nitrogens with zero attached hydrogens (tertiary/aromatic N) is 2. The van der Waals surface area contributed by atoms with Crippen LogP contribution in [0.3, 0.4) is 0 Å². The molecule has 3 nitrogen and oxygen atoms in total. The van der Waals surface area contributed by atoms with Crippen LogP contribution in [0.25, 0.3) is 0 Å². The summed E-state index contributed by atoms with van der Waals surface area (Å²) in [5, 5.41) is 2.71. The summed E-state index contributed by atoms with van der Waals surface area (Å²) in [7, 11) is 0. The van der Waals surface area contributed by atoms with Crippen molar-refractivity contribution in [1.82, 2.24) is 4.98 Å². The number of hydrogen-bond donors (Lipinski definition) is 0. The quantitative estimate of drug-likeness (QED) is 0.651. The molecular weight excluding hydrogens is 196 g/mol. The van der Waals surface area contributed by atoms with Crippen molar-refractivity contribution in [2.45, 2.75) is 13.3 Å². The van der Waals surface area contributed by atoms with E-state index in [1.54, 1.807) is 4.90 Å². The molecule has 0 bridgehead atoms. The highest BCUT2D eigenvalue weighted by Crippen LogP contribution is 2.27. The molecule has 72 valence electrons. The lowest BCUT2D eigenvalue weighted by Crippen LogP contribution is -2.24. The van der Waals surface area contributed by atoms with Gasteiger partial charge in [-0.25, -0.2) is 4.98 Å². The number of hydrogen-bond acceptors (Lipinski definition) is 3. The van der Waals surface area contributed by atoms with Crippen LogP contribution in [0.2, 0.25) is 0 Å². The Morgan fingerprint density at radius 1 is 1.79 bits per heavy atom. The van der Waals surface area contributed by atoms with Gasteiger partial charge in [-0.15, -0.1) is 23.7 Å². The van der Waals surface area contributed by atoms with Crippen molar-refractivity contribution in [3.05, 3.63) is 11.1 Å². The Bertz CT molecular complexity index is 404. The van der Waals surface area contributed by atoms with Crippen LogP contribution in [-0.4, -0.2) is 17.4 Å². The second kappa shape index (κ2) is 3.43. The second-order valence-electron chi connectivity index (χ2n) is 3.34. The predicted octanol–water partition coefficient (Wildman–Crippen LogP) is 1.44. The van der Waals surface area contributed by atoms with Crippen LogP contribution < -0.4 is 4.90 Å². The van der Waals surface area contributed by atoms with Gasteiger partial charge in [0.1, 0.15) is 0 Å². The standard InChI is InChI=1S/C10H10N2OS/c1-3-8-4-9(13)12(5-8)10-11-7(2)6-14-10/h1,6,8H,4-5H2,2H3. The fraction of sp³-hybridized carbons (Fsp3) is 0.400. The van der Waals surface area contributed by atoms with Gasteiger partial charge >= 0.3 is 0 Å². The Balaban J connectivity index is 2.21. The van der Waals surface area contributed by atoms with Crippen LogP contribution in [0.5, 0.6) is 0 Å². The van der Waals surface area contributed by atoms with E-state index in [4.69, 9.17) is 6.42 Å². The minimum atomic E-state index is 0.0479. The topological polar surface area (TPSA) is 33.2 Å². The number of rotatable bonds is 1. The van der Waals surface area contributed by atoms with Crippen LogP contribution in [-0.2, 0) is 4.79 Å². The summed E-state index contributed by atoms with van der Waals surface area (Å²) in [6, 6.07) is 0. The molecular formula is C10H10N2OS. The number of carbonyl (C=O) groups is 1. The first kappa shape index (κ1) is 9.22. The largest absolute Gasteiger partial charge is 0.287 e. The Morgan fingerprint density at radius 2 is 2.57 bits per heavy atom. The van der Waals surface area contributed by atoms with Gasteiger partial charge in [-0.3, -0.25) is 9.69 Å². The molecule has 2 heterocycles. The molecule has 1 aromatic rings. The molecule has 0 spiro atoms. The summed E-state index contributed by atoms with van der Waals surface area (Å²) in [5.41, 5.74) is 0.946. The third kappa shape index (κ3) is 1.51. The van der Waals surface area contributed by atoms with E-state index in [1.807, 2.05) is 12.3 Å². The summed E-state index contributed by atoms with van der Waals surface area (Å²) < 4.78 is 0. The molecule has 1 saturated heterocycles. The lowest BCUT2D eigenvalue weighted by molar-refractivity contribution is -0.117. The van der Waals surface area contributed by atoms with Crippen LogP contribution in [0.4, 0.5) is 5.13 Å². The number of carbonyl (C=O) groups excluding carboxylic acids is 1. The summed E-state index contributed by atoms with van der Waals surface area (Å²) in [4.78, 5) is 17.5. The molecule has 1 aromatic heterocycles. The molecule has 1 fully saturated rings. The van der Waals surface area contributed by atoms with Gasteiger partial charge in [0, 0.05) is 24.3 Å². The molecule has 0 aromatic carbocycles. The molecule has 0 radical (unpaired) electrons. The summed E-state index contributed by atoms with van der Waals surface area (Å²) in [5.74, 6) is 2.75. The third-order valence-corrected chi connectivity index (χ3v) is 3.18. The van der Waals surface area contributed by atoms with Crippen molar-refractivity contribution in [3.63, 3.8) is 0 Å². The number of thiazole rings is 1. The van der Waals surface area contributed by atoms with Gasteiger partial charge in [0.15, 0.2) is 5.13 Å². The molecule has 1 aliphatic rings. The van der Waals surface area contributed by atoms with E-state index in [2.05, 4.69) is 10.9 Å². The maximum atomic E-state index is 11.6. The molecule has 1 unspecified atom stereocenters. The zero-order valence-corrected chi connectivity index (χ0v) is 8.67. The van der Waals surface area contributed by atoms with Gasteiger partial charge in [-0.2, -0.15) is 0 Å². The first-order chi connectivity index (χ1) is 6.70. The highest BCUT2D eigenvalue weighted by atomic mass is 32.1. The zero-order chi connectivity index (χ0) is 10.1. The maximum absolute atomic E-state index is 11.6. The fourth-order valence-corrected chi connectivity index (χ4v) is 2.30. The van der Waals surface area contributed by atoms with E-state index in [0.717, 1.165) is 10.8 Å². The molecule has 14 heavy (non-hydrogen) atoms. The van der Waals surface area contributed by atoms with E-state index in [1.165, 1.54) is 11.3 Å². The highest BCUT2D eigenvalue weighted by Gasteiger charge is 2.30. The van der Waals surface area contributed by atoms with Crippen molar-refractivity contribution in [2.75, 3.05) is 11.4 Å². The smallest absolute Gasteiger partial charge is 0.230 e. The third-order valence-electron chi connectivity index (χ3n) is 2.20. The normalized spacial score (nSPS) is 21.3. The maximum Gasteiger partial charge on any atom is 0.230 e. The van der Waals surface area contributed by atoms with Gasteiger partial charge in [0.2, 0.25) is 5.91 Å². The van der Waals surface area contributed by atoms with Crippen molar-refractivity contribution in [2.24, 2.45) is 5.92 Å².